The number of carbonyl (C=O) groups excluding carboxylic acids is 3. The molecule has 0 radical (unpaired) electrons. The third-order valence-corrected chi connectivity index (χ3v) is 13.7. The second-order valence-corrected chi connectivity index (χ2v) is 20.6. The van der Waals surface area contributed by atoms with Crippen LogP contribution in [0.15, 0.2) is 36.5 Å². The second kappa shape index (κ2) is 58.2. The van der Waals surface area contributed by atoms with Crippen LogP contribution in [0.1, 0.15) is 329 Å². The third-order valence-electron chi connectivity index (χ3n) is 13.7. The second-order valence-electron chi connectivity index (χ2n) is 20.6. The maximum absolute atomic E-state index is 12.8. The summed E-state index contributed by atoms with van der Waals surface area (Å²) in [7, 11) is 0. The molecular formula is C63H116O6. The summed E-state index contributed by atoms with van der Waals surface area (Å²) in [5.74, 6) is -0.889. The minimum Gasteiger partial charge on any atom is -0.462 e. The van der Waals surface area contributed by atoms with E-state index in [9.17, 15) is 14.4 Å². The third kappa shape index (κ3) is 56.4. The molecule has 0 aliphatic rings. The van der Waals surface area contributed by atoms with Crippen molar-refractivity contribution in [1.82, 2.24) is 0 Å². The predicted molar refractivity (Wildman–Crippen MR) is 298 cm³/mol. The van der Waals surface area contributed by atoms with Gasteiger partial charge in [0.1, 0.15) is 13.2 Å². The molecule has 6 heteroatoms. The highest BCUT2D eigenvalue weighted by atomic mass is 16.6. The Bertz CT molecular complexity index is 1160. The van der Waals surface area contributed by atoms with Crippen molar-refractivity contribution >= 4 is 17.9 Å². The maximum Gasteiger partial charge on any atom is 0.306 e. The first kappa shape index (κ1) is 66.6. The fraction of sp³-hybridized carbons (Fsp3) is 0.857. The van der Waals surface area contributed by atoms with E-state index in [1.807, 2.05) is 0 Å². The molecule has 0 fully saturated rings. The van der Waals surface area contributed by atoms with Crippen LogP contribution < -0.4 is 0 Å². The standard InChI is InChI=1S/C63H116O6/c1-4-7-10-13-16-19-22-25-26-27-28-29-30-31-32-33-34-35-36-39-41-44-47-50-53-56-62(65)68-59-60(69-63(66)57-54-51-48-45-42-38-24-21-18-15-12-9-6-3)58-67-61(64)55-52-49-46-43-40-37-23-20-17-14-11-8-5-2/h9,12,18,21,38,42,60H,4-8,10-11,13-17,19-20,22-37,39-41,43-59H2,1-3H3/b12-9-,21-18-,42-38-. The molecule has 0 aromatic carbocycles. The van der Waals surface area contributed by atoms with Gasteiger partial charge in [-0.3, -0.25) is 14.4 Å². The van der Waals surface area contributed by atoms with Gasteiger partial charge in [0.2, 0.25) is 0 Å². The summed E-state index contributed by atoms with van der Waals surface area (Å²) in [6.45, 7) is 6.55. The van der Waals surface area contributed by atoms with E-state index in [1.165, 1.54) is 205 Å². The van der Waals surface area contributed by atoms with Crippen LogP contribution in [0.2, 0.25) is 0 Å². The lowest BCUT2D eigenvalue weighted by Gasteiger charge is -2.18. The molecule has 6 nitrogen and oxygen atoms in total. The lowest BCUT2D eigenvalue weighted by Crippen LogP contribution is -2.30. The molecule has 1 unspecified atom stereocenters. The Kier molecular flexibility index (Phi) is 56.2. The molecule has 69 heavy (non-hydrogen) atoms. The Labute approximate surface area is 429 Å². The van der Waals surface area contributed by atoms with E-state index < -0.39 is 6.10 Å². The highest BCUT2D eigenvalue weighted by Gasteiger charge is 2.19. The van der Waals surface area contributed by atoms with Crippen molar-refractivity contribution < 1.29 is 28.6 Å². The summed E-state index contributed by atoms with van der Waals surface area (Å²) in [5.41, 5.74) is 0. The quantitative estimate of drug-likeness (QED) is 0.0261. The summed E-state index contributed by atoms with van der Waals surface area (Å²) < 4.78 is 16.9. The normalized spacial score (nSPS) is 12.2. The largest absolute Gasteiger partial charge is 0.462 e. The van der Waals surface area contributed by atoms with E-state index in [0.29, 0.717) is 19.3 Å². The molecule has 0 rings (SSSR count). The van der Waals surface area contributed by atoms with Crippen LogP contribution in [-0.4, -0.2) is 37.2 Å². The van der Waals surface area contributed by atoms with Gasteiger partial charge in [-0.1, -0.05) is 295 Å². The van der Waals surface area contributed by atoms with Gasteiger partial charge >= 0.3 is 17.9 Å². The molecular weight excluding hydrogens is 853 g/mol. The van der Waals surface area contributed by atoms with Crippen LogP contribution >= 0.6 is 0 Å². The van der Waals surface area contributed by atoms with E-state index in [4.69, 9.17) is 14.2 Å². The van der Waals surface area contributed by atoms with Gasteiger partial charge < -0.3 is 14.2 Å². The summed E-state index contributed by atoms with van der Waals surface area (Å²) in [5, 5.41) is 0. The molecule has 0 aromatic heterocycles. The molecule has 0 aromatic rings. The van der Waals surface area contributed by atoms with Gasteiger partial charge in [0.25, 0.3) is 0 Å². The van der Waals surface area contributed by atoms with Gasteiger partial charge in [0.05, 0.1) is 0 Å². The average molecular weight is 970 g/mol. The molecule has 0 bridgehead atoms. The van der Waals surface area contributed by atoms with Crippen molar-refractivity contribution in [3.05, 3.63) is 36.5 Å². The first-order chi connectivity index (χ1) is 34.0. The smallest absolute Gasteiger partial charge is 0.306 e. The average Bonchev–Trinajstić information content (AvgIpc) is 3.35. The topological polar surface area (TPSA) is 78.9 Å². The number of hydrogen-bond acceptors (Lipinski definition) is 6. The number of ether oxygens (including phenoxy) is 3. The van der Waals surface area contributed by atoms with E-state index in [0.717, 1.165) is 83.5 Å². The zero-order chi connectivity index (χ0) is 50.0. The van der Waals surface area contributed by atoms with Crippen molar-refractivity contribution in [2.45, 2.75) is 335 Å². The Hall–Kier alpha value is -2.37. The number of hydrogen-bond donors (Lipinski definition) is 0. The fourth-order valence-electron chi connectivity index (χ4n) is 9.11. The number of unbranched alkanes of at least 4 members (excludes halogenated alkanes) is 39. The van der Waals surface area contributed by atoms with Gasteiger partial charge in [-0.05, 0) is 51.4 Å². The Morgan fingerprint density at radius 3 is 0.884 bits per heavy atom. The van der Waals surface area contributed by atoms with Crippen LogP contribution in [0.3, 0.4) is 0 Å². The molecule has 1 atom stereocenters. The molecule has 0 amide bonds. The Morgan fingerprint density at radius 1 is 0.304 bits per heavy atom. The minimum absolute atomic E-state index is 0.0792. The van der Waals surface area contributed by atoms with Crippen LogP contribution in [0, 0.1) is 0 Å². The van der Waals surface area contributed by atoms with Crippen molar-refractivity contribution in [3.63, 3.8) is 0 Å². The van der Waals surface area contributed by atoms with Crippen LogP contribution in [0.25, 0.3) is 0 Å². The van der Waals surface area contributed by atoms with Crippen molar-refractivity contribution in [3.8, 4) is 0 Å². The monoisotopic (exact) mass is 969 g/mol. The summed E-state index contributed by atoms with van der Waals surface area (Å²) >= 11 is 0. The minimum atomic E-state index is -0.783. The molecule has 0 aliphatic heterocycles. The summed E-state index contributed by atoms with van der Waals surface area (Å²) in [6, 6.07) is 0. The molecule has 0 spiro atoms. The van der Waals surface area contributed by atoms with E-state index in [2.05, 4.69) is 57.2 Å². The Balaban J connectivity index is 4.20. The summed E-state index contributed by atoms with van der Waals surface area (Å²) in [6.07, 6.45) is 70.2. The number of esters is 3. The Morgan fingerprint density at radius 2 is 0.565 bits per heavy atom. The molecule has 0 saturated carbocycles. The van der Waals surface area contributed by atoms with Crippen molar-refractivity contribution in [2.24, 2.45) is 0 Å². The van der Waals surface area contributed by atoms with E-state index in [-0.39, 0.29) is 31.1 Å². The molecule has 0 aliphatic carbocycles. The first-order valence-corrected chi connectivity index (χ1v) is 30.5. The highest BCUT2D eigenvalue weighted by Crippen LogP contribution is 2.18. The number of carbonyl (C=O) groups is 3. The van der Waals surface area contributed by atoms with Gasteiger partial charge in [0, 0.05) is 19.3 Å². The fourth-order valence-corrected chi connectivity index (χ4v) is 9.11. The van der Waals surface area contributed by atoms with Crippen LogP contribution in [0.5, 0.6) is 0 Å². The molecule has 0 saturated heterocycles. The molecule has 404 valence electrons. The molecule has 0 heterocycles. The SMILES string of the molecule is CC/C=C\C/C=C\C/C=C\CCCCCC(=O)OC(COC(=O)CCCCCCCCCCCCCCC)COC(=O)CCCCCCCCCCCCCCCCCCCCCCCCCCC. The van der Waals surface area contributed by atoms with Gasteiger partial charge in [-0.25, -0.2) is 0 Å². The number of allylic oxidation sites excluding steroid dienone is 6. The van der Waals surface area contributed by atoms with Crippen molar-refractivity contribution in [1.29, 1.82) is 0 Å². The van der Waals surface area contributed by atoms with Crippen LogP contribution in [-0.2, 0) is 28.6 Å². The van der Waals surface area contributed by atoms with Crippen molar-refractivity contribution in [2.75, 3.05) is 13.2 Å². The van der Waals surface area contributed by atoms with Gasteiger partial charge in [-0.15, -0.1) is 0 Å². The molecule has 0 N–H and O–H groups in total. The zero-order valence-electron chi connectivity index (χ0n) is 46.3. The van der Waals surface area contributed by atoms with E-state index in [1.54, 1.807) is 0 Å². The van der Waals surface area contributed by atoms with Crippen LogP contribution in [0.4, 0.5) is 0 Å². The summed E-state index contributed by atoms with van der Waals surface area (Å²) in [4.78, 5) is 38.1. The van der Waals surface area contributed by atoms with Gasteiger partial charge in [-0.2, -0.15) is 0 Å². The first-order valence-electron chi connectivity index (χ1n) is 30.5. The maximum atomic E-state index is 12.8. The zero-order valence-corrected chi connectivity index (χ0v) is 46.3. The predicted octanol–water partition coefficient (Wildman–Crippen LogP) is 20.4. The number of rotatable bonds is 56. The highest BCUT2D eigenvalue weighted by molar-refractivity contribution is 5.71. The lowest BCUT2D eigenvalue weighted by molar-refractivity contribution is -0.167. The van der Waals surface area contributed by atoms with E-state index >= 15 is 0 Å². The van der Waals surface area contributed by atoms with Gasteiger partial charge in [0.15, 0.2) is 6.10 Å². The lowest BCUT2D eigenvalue weighted by atomic mass is 10.0.